The number of nitrogens with two attached hydrogens (primary N) is 1. The molecule has 0 aliphatic rings. The molecule has 2 N–H and O–H groups in total. The van der Waals surface area contributed by atoms with E-state index in [1.54, 1.807) is 10.6 Å². The van der Waals surface area contributed by atoms with Crippen molar-refractivity contribution in [3.8, 4) is 0 Å². The van der Waals surface area contributed by atoms with Gasteiger partial charge in [0, 0.05) is 7.05 Å². The Labute approximate surface area is 99.3 Å². The number of hydrogen-bond donors (Lipinski definition) is 1. The van der Waals surface area contributed by atoms with Crippen LogP contribution in [0.5, 0.6) is 0 Å². The van der Waals surface area contributed by atoms with Gasteiger partial charge in [-0.2, -0.15) is 0 Å². The third kappa shape index (κ3) is 2.40. The lowest BCUT2D eigenvalue weighted by Crippen LogP contribution is -2.04. The standard InChI is InChI=1S/C9H10FN3.2ClH/c1-13-8-4-6(10)2-3-7(8)12-9(13)5-11;;/h2-4H,5,11H2,1H3;2*1H. The summed E-state index contributed by atoms with van der Waals surface area (Å²) in [6.07, 6.45) is 0. The highest BCUT2D eigenvalue weighted by molar-refractivity contribution is 5.85. The number of halogens is 3. The Balaban J connectivity index is 0.000000980. The summed E-state index contributed by atoms with van der Waals surface area (Å²) in [4.78, 5) is 4.24. The molecule has 6 heteroatoms. The monoisotopic (exact) mass is 251 g/mol. The summed E-state index contributed by atoms with van der Waals surface area (Å²) in [5.74, 6) is 0.514. The van der Waals surface area contributed by atoms with Crippen LogP contribution in [-0.4, -0.2) is 9.55 Å². The molecule has 15 heavy (non-hydrogen) atoms. The first-order valence-corrected chi connectivity index (χ1v) is 4.03. The van der Waals surface area contributed by atoms with Gasteiger partial charge in [-0.25, -0.2) is 9.37 Å². The lowest BCUT2D eigenvalue weighted by molar-refractivity contribution is 0.628. The van der Waals surface area contributed by atoms with Gasteiger partial charge in [0.15, 0.2) is 0 Å². The molecule has 0 saturated carbocycles. The largest absolute Gasteiger partial charge is 0.330 e. The smallest absolute Gasteiger partial charge is 0.125 e. The first-order chi connectivity index (χ1) is 6.22. The van der Waals surface area contributed by atoms with Gasteiger partial charge in [0.2, 0.25) is 0 Å². The van der Waals surface area contributed by atoms with E-state index in [4.69, 9.17) is 5.73 Å². The van der Waals surface area contributed by atoms with Crippen LogP contribution in [0.3, 0.4) is 0 Å². The summed E-state index contributed by atoms with van der Waals surface area (Å²) >= 11 is 0. The highest BCUT2D eigenvalue weighted by atomic mass is 35.5. The zero-order valence-corrected chi connectivity index (χ0v) is 9.74. The van der Waals surface area contributed by atoms with Gasteiger partial charge in [0.1, 0.15) is 11.6 Å². The highest BCUT2D eigenvalue weighted by Gasteiger charge is 2.05. The van der Waals surface area contributed by atoms with Crippen molar-refractivity contribution in [2.75, 3.05) is 0 Å². The first-order valence-electron chi connectivity index (χ1n) is 4.03. The van der Waals surface area contributed by atoms with Gasteiger partial charge < -0.3 is 10.3 Å². The number of aromatic nitrogens is 2. The Morgan fingerprint density at radius 3 is 2.67 bits per heavy atom. The maximum atomic E-state index is 12.9. The zero-order valence-electron chi connectivity index (χ0n) is 8.11. The molecule has 1 heterocycles. The topological polar surface area (TPSA) is 43.8 Å². The maximum Gasteiger partial charge on any atom is 0.125 e. The van der Waals surface area contributed by atoms with Crippen LogP contribution in [0.4, 0.5) is 4.39 Å². The molecule has 84 valence electrons. The molecule has 0 aliphatic carbocycles. The molecule has 0 unspecified atom stereocenters. The summed E-state index contributed by atoms with van der Waals surface area (Å²) in [6.45, 7) is 0.368. The third-order valence-electron chi connectivity index (χ3n) is 2.12. The fraction of sp³-hybridized carbons (Fsp3) is 0.222. The number of fused-ring (bicyclic) bond motifs is 1. The maximum absolute atomic E-state index is 12.9. The second kappa shape index (κ2) is 5.30. The molecule has 0 radical (unpaired) electrons. The molecule has 1 aromatic heterocycles. The van der Waals surface area contributed by atoms with Gasteiger partial charge in [-0.15, -0.1) is 24.8 Å². The highest BCUT2D eigenvalue weighted by Crippen LogP contribution is 2.15. The van der Waals surface area contributed by atoms with Crippen molar-refractivity contribution in [1.29, 1.82) is 0 Å². The van der Waals surface area contributed by atoms with E-state index < -0.39 is 0 Å². The SMILES string of the molecule is Cl.Cl.Cn1c(CN)nc2ccc(F)cc21. The fourth-order valence-corrected chi connectivity index (χ4v) is 1.40. The van der Waals surface area contributed by atoms with Crippen molar-refractivity contribution in [1.82, 2.24) is 9.55 Å². The van der Waals surface area contributed by atoms with E-state index in [0.717, 1.165) is 16.9 Å². The van der Waals surface area contributed by atoms with Crippen LogP contribution in [0.2, 0.25) is 0 Å². The Morgan fingerprint density at radius 2 is 2.07 bits per heavy atom. The van der Waals surface area contributed by atoms with Gasteiger partial charge in [-0.3, -0.25) is 0 Å². The van der Waals surface area contributed by atoms with E-state index in [9.17, 15) is 4.39 Å². The second-order valence-corrected chi connectivity index (χ2v) is 2.92. The predicted molar refractivity (Wildman–Crippen MR) is 63.1 cm³/mol. The number of nitrogens with zero attached hydrogens (tertiary/aromatic N) is 2. The van der Waals surface area contributed by atoms with Crippen LogP contribution in [0.1, 0.15) is 5.82 Å². The van der Waals surface area contributed by atoms with Crippen molar-refractivity contribution >= 4 is 35.8 Å². The predicted octanol–water partition coefficient (Wildman–Crippen LogP) is 2.01. The van der Waals surface area contributed by atoms with Crippen LogP contribution < -0.4 is 5.73 Å². The van der Waals surface area contributed by atoms with Crippen molar-refractivity contribution in [3.05, 3.63) is 29.8 Å². The van der Waals surface area contributed by atoms with E-state index in [0.29, 0.717) is 6.54 Å². The Kier molecular flexibility index (Phi) is 5.00. The lowest BCUT2D eigenvalue weighted by Gasteiger charge is -1.97. The van der Waals surface area contributed by atoms with Gasteiger partial charge in [-0.1, -0.05) is 0 Å². The van der Waals surface area contributed by atoms with Crippen LogP contribution in [0.15, 0.2) is 18.2 Å². The lowest BCUT2D eigenvalue weighted by atomic mass is 10.3. The summed E-state index contributed by atoms with van der Waals surface area (Å²) < 4.78 is 14.7. The molecule has 0 atom stereocenters. The van der Waals surface area contributed by atoms with Crippen LogP contribution in [0, 0.1) is 5.82 Å². The Morgan fingerprint density at radius 1 is 1.40 bits per heavy atom. The molecule has 0 saturated heterocycles. The van der Waals surface area contributed by atoms with Gasteiger partial charge in [0.25, 0.3) is 0 Å². The molecular weight excluding hydrogens is 240 g/mol. The number of imidazole rings is 1. The molecule has 0 spiro atoms. The molecule has 1 aromatic carbocycles. The van der Waals surface area contributed by atoms with Gasteiger partial charge in [-0.05, 0) is 18.2 Å². The summed E-state index contributed by atoms with van der Waals surface area (Å²) in [5, 5.41) is 0. The van der Waals surface area contributed by atoms with E-state index in [1.807, 2.05) is 7.05 Å². The number of hydrogen-bond acceptors (Lipinski definition) is 2. The molecule has 0 fully saturated rings. The second-order valence-electron chi connectivity index (χ2n) is 2.92. The van der Waals surface area contributed by atoms with Crippen LogP contribution in [-0.2, 0) is 13.6 Å². The molecule has 0 aliphatic heterocycles. The van der Waals surface area contributed by atoms with E-state index >= 15 is 0 Å². The minimum absolute atomic E-state index is 0. The van der Waals surface area contributed by atoms with Crippen molar-refractivity contribution in [3.63, 3.8) is 0 Å². The van der Waals surface area contributed by atoms with Gasteiger partial charge >= 0.3 is 0 Å². The Bertz CT molecular complexity index is 456. The molecule has 3 nitrogen and oxygen atoms in total. The third-order valence-corrected chi connectivity index (χ3v) is 2.12. The van der Waals surface area contributed by atoms with Crippen LogP contribution in [0.25, 0.3) is 11.0 Å². The summed E-state index contributed by atoms with van der Waals surface area (Å²) in [6, 6.07) is 4.51. The summed E-state index contributed by atoms with van der Waals surface area (Å²) in [5.41, 5.74) is 7.04. The molecule has 0 amide bonds. The van der Waals surface area contributed by atoms with Crippen molar-refractivity contribution < 1.29 is 4.39 Å². The van der Waals surface area contributed by atoms with Gasteiger partial charge in [0.05, 0.1) is 17.6 Å². The average Bonchev–Trinajstić information content (AvgIpc) is 2.44. The van der Waals surface area contributed by atoms with Crippen molar-refractivity contribution in [2.45, 2.75) is 6.54 Å². The first kappa shape index (κ1) is 14.2. The minimum Gasteiger partial charge on any atom is -0.330 e. The fourth-order valence-electron chi connectivity index (χ4n) is 1.40. The zero-order chi connectivity index (χ0) is 9.42. The van der Waals surface area contributed by atoms with Crippen LogP contribution >= 0.6 is 24.8 Å². The molecule has 0 bridgehead atoms. The number of benzene rings is 1. The average molecular weight is 252 g/mol. The Hall–Kier alpha value is -0.840. The van der Waals surface area contributed by atoms with E-state index in [1.165, 1.54) is 12.1 Å². The summed E-state index contributed by atoms with van der Waals surface area (Å²) in [7, 11) is 1.83. The molecular formula is C9H12Cl2FN3. The van der Waals surface area contributed by atoms with E-state index in [2.05, 4.69) is 4.98 Å². The van der Waals surface area contributed by atoms with E-state index in [-0.39, 0.29) is 30.6 Å². The van der Waals surface area contributed by atoms with Crippen molar-refractivity contribution in [2.24, 2.45) is 12.8 Å². The number of aryl methyl sites for hydroxylation is 1. The molecule has 2 aromatic rings. The quantitative estimate of drug-likeness (QED) is 0.843. The normalized spacial score (nSPS) is 9.53. The molecule has 2 rings (SSSR count). The number of rotatable bonds is 1. The minimum atomic E-state index is -0.251.